The van der Waals surface area contributed by atoms with Crippen LogP contribution >= 0.6 is 15.9 Å². The molecule has 0 aliphatic carbocycles. The average Bonchev–Trinajstić information content (AvgIpc) is 1.97. The van der Waals surface area contributed by atoms with Crippen LogP contribution in [0.15, 0.2) is 0 Å². The van der Waals surface area contributed by atoms with Gasteiger partial charge in [0.1, 0.15) is 0 Å². The lowest BCUT2D eigenvalue weighted by Gasteiger charge is -2.09. The molecule has 0 saturated carbocycles. The highest BCUT2D eigenvalue weighted by molar-refractivity contribution is 9.09. The van der Waals surface area contributed by atoms with Gasteiger partial charge >= 0.3 is 0 Å². The zero-order chi connectivity index (χ0) is 12.1. The Hall–Kier alpha value is 0.300. The topological polar surface area (TPSA) is 89.5 Å². The van der Waals surface area contributed by atoms with Crippen LogP contribution in [-0.4, -0.2) is 53.3 Å². The van der Waals surface area contributed by atoms with E-state index in [1.54, 1.807) is 0 Å². The second-order valence-electron chi connectivity index (χ2n) is 3.06. The molecule has 92 valence electrons. The van der Waals surface area contributed by atoms with Crippen molar-refractivity contribution >= 4 is 35.8 Å². The molecule has 6 nitrogen and oxygen atoms in total. The van der Waals surface area contributed by atoms with Crippen LogP contribution in [0.4, 0.5) is 0 Å². The minimum Gasteiger partial charge on any atom is -0.383 e. The third kappa shape index (κ3) is 9.24. The van der Waals surface area contributed by atoms with Crippen LogP contribution in [-0.2, 0) is 24.6 Å². The van der Waals surface area contributed by atoms with Crippen molar-refractivity contribution in [1.29, 1.82) is 0 Å². The lowest BCUT2D eigenvalue weighted by Crippen LogP contribution is -2.35. The summed E-state index contributed by atoms with van der Waals surface area (Å²) in [5, 5.41) is -0.896. The number of sulfonamides is 1. The van der Waals surface area contributed by atoms with Gasteiger partial charge in [0.2, 0.25) is 10.0 Å². The number of rotatable bonds is 7. The molecule has 15 heavy (non-hydrogen) atoms. The van der Waals surface area contributed by atoms with Crippen molar-refractivity contribution < 1.29 is 21.6 Å². The van der Waals surface area contributed by atoms with Gasteiger partial charge in [-0.2, -0.15) is 0 Å². The van der Waals surface area contributed by atoms with Crippen molar-refractivity contribution in [2.45, 2.75) is 4.83 Å². The first-order valence-corrected chi connectivity index (χ1v) is 8.57. The highest BCUT2D eigenvalue weighted by Gasteiger charge is 2.18. The summed E-state index contributed by atoms with van der Waals surface area (Å²) < 4.78 is 50.9. The van der Waals surface area contributed by atoms with Gasteiger partial charge in [0.25, 0.3) is 0 Å². The smallest absolute Gasteiger partial charge is 0.226 e. The first kappa shape index (κ1) is 15.3. The highest BCUT2D eigenvalue weighted by Crippen LogP contribution is 1.99. The Kier molecular flexibility index (Phi) is 6.26. The van der Waals surface area contributed by atoms with Crippen LogP contribution in [0.1, 0.15) is 0 Å². The summed E-state index contributed by atoms with van der Waals surface area (Å²) in [5.74, 6) is 0. The SMILES string of the molecule is COCC(Br)CNS(=O)(=O)CS(C)(=O)=O. The Labute approximate surface area is 98.5 Å². The number of hydrogen-bond acceptors (Lipinski definition) is 5. The third-order valence-electron chi connectivity index (χ3n) is 1.24. The molecule has 0 aromatic heterocycles. The van der Waals surface area contributed by atoms with Crippen molar-refractivity contribution in [3.05, 3.63) is 0 Å². The molecular formula is C6H14BrNO5S2. The van der Waals surface area contributed by atoms with E-state index in [4.69, 9.17) is 4.74 Å². The molecule has 0 aliphatic rings. The zero-order valence-electron chi connectivity index (χ0n) is 8.43. The van der Waals surface area contributed by atoms with Gasteiger partial charge in [-0.1, -0.05) is 15.9 Å². The largest absolute Gasteiger partial charge is 0.383 e. The molecule has 0 saturated heterocycles. The molecule has 0 bridgehead atoms. The number of methoxy groups -OCH3 is 1. The van der Waals surface area contributed by atoms with Gasteiger partial charge in [0.05, 0.1) is 11.4 Å². The molecule has 0 aromatic carbocycles. The van der Waals surface area contributed by atoms with Crippen LogP contribution in [0.3, 0.4) is 0 Å². The normalized spacial score (nSPS) is 15.1. The molecule has 0 aromatic rings. The zero-order valence-corrected chi connectivity index (χ0v) is 11.7. The van der Waals surface area contributed by atoms with Crippen LogP contribution < -0.4 is 4.72 Å². The summed E-state index contributed by atoms with van der Waals surface area (Å²) in [6.45, 7) is 0.424. The van der Waals surface area contributed by atoms with E-state index in [2.05, 4.69) is 20.7 Å². The summed E-state index contributed by atoms with van der Waals surface area (Å²) in [6, 6.07) is 0. The van der Waals surface area contributed by atoms with Gasteiger partial charge in [-0.05, 0) is 0 Å². The highest BCUT2D eigenvalue weighted by atomic mass is 79.9. The fourth-order valence-electron chi connectivity index (χ4n) is 0.781. The van der Waals surface area contributed by atoms with Crippen molar-refractivity contribution in [1.82, 2.24) is 4.72 Å². The minimum atomic E-state index is -3.78. The van der Waals surface area contributed by atoms with Crippen LogP contribution in [0, 0.1) is 0 Å². The van der Waals surface area contributed by atoms with Crippen molar-refractivity contribution in [3.8, 4) is 0 Å². The molecule has 0 aliphatic heterocycles. The standard InChI is InChI=1S/C6H14BrNO5S2/c1-13-4-6(7)3-8-15(11,12)5-14(2,9)10/h6,8H,3-5H2,1-2H3. The lowest BCUT2D eigenvalue weighted by molar-refractivity contribution is 0.201. The molecule has 1 N–H and O–H groups in total. The Morgan fingerprint density at radius 2 is 1.87 bits per heavy atom. The van der Waals surface area contributed by atoms with Crippen molar-refractivity contribution in [2.24, 2.45) is 0 Å². The summed E-state index contributed by atoms with van der Waals surface area (Å²) in [4.78, 5) is -0.183. The van der Waals surface area contributed by atoms with Gasteiger partial charge in [0, 0.05) is 19.9 Å². The molecule has 1 unspecified atom stereocenters. The molecular weight excluding hydrogens is 310 g/mol. The summed E-state index contributed by atoms with van der Waals surface area (Å²) in [5.41, 5.74) is 0. The van der Waals surface area contributed by atoms with Gasteiger partial charge in [-0.3, -0.25) is 0 Å². The molecule has 0 rings (SSSR count). The monoisotopic (exact) mass is 323 g/mol. The maximum atomic E-state index is 11.2. The van der Waals surface area contributed by atoms with Crippen LogP contribution in [0.25, 0.3) is 0 Å². The fourth-order valence-corrected chi connectivity index (χ4v) is 4.46. The number of alkyl halides is 1. The van der Waals surface area contributed by atoms with Crippen molar-refractivity contribution in [2.75, 3.05) is 31.6 Å². The van der Waals surface area contributed by atoms with Crippen LogP contribution in [0.2, 0.25) is 0 Å². The number of hydrogen-bond donors (Lipinski definition) is 1. The van der Waals surface area contributed by atoms with Gasteiger partial charge in [0.15, 0.2) is 14.9 Å². The van der Waals surface area contributed by atoms with E-state index in [1.165, 1.54) is 7.11 Å². The van der Waals surface area contributed by atoms with E-state index in [0.717, 1.165) is 6.26 Å². The average molecular weight is 324 g/mol. The van der Waals surface area contributed by atoms with Gasteiger partial charge < -0.3 is 4.74 Å². The number of ether oxygens (including phenoxy) is 1. The van der Waals surface area contributed by atoms with E-state index >= 15 is 0 Å². The minimum absolute atomic E-state index is 0.0890. The number of halogens is 1. The molecule has 0 spiro atoms. The van der Waals surface area contributed by atoms with Crippen molar-refractivity contribution in [3.63, 3.8) is 0 Å². The first-order chi connectivity index (χ1) is 6.66. The first-order valence-electron chi connectivity index (χ1n) is 3.94. The van der Waals surface area contributed by atoms with Crippen LogP contribution in [0.5, 0.6) is 0 Å². The number of sulfone groups is 1. The maximum Gasteiger partial charge on any atom is 0.226 e. The predicted octanol–water partition coefficient (Wildman–Crippen LogP) is -0.682. The lowest BCUT2D eigenvalue weighted by atomic mass is 10.5. The fraction of sp³-hybridized carbons (Fsp3) is 1.00. The van der Waals surface area contributed by atoms with E-state index in [-0.39, 0.29) is 11.4 Å². The predicted molar refractivity (Wildman–Crippen MR) is 61.2 cm³/mol. The Morgan fingerprint density at radius 1 is 1.33 bits per heavy atom. The van der Waals surface area contributed by atoms with E-state index in [0.29, 0.717) is 6.61 Å². The van der Waals surface area contributed by atoms with Gasteiger partial charge in [-0.15, -0.1) is 0 Å². The van der Waals surface area contributed by atoms with E-state index in [1.807, 2.05) is 0 Å². The van der Waals surface area contributed by atoms with Gasteiger partial charge in [-0.25, -0.2) is 21.6 Å². The quantitative estimate of drug-likeness (QED) is 0.627. The molecule has 0 fully saturated rings. The summed E-state index contributed by atoms with van der Waals surface area (Å²) in [7, 11) is -5.83. The molecule has 0 heterocycles. The van der Waals surface area contributed by atoms with E-state index in [9.17, 15) is 16.8 Å². The molecule has 0 amide bonds. The number of nitrogens with one attached hydrogen (secondary N) is 1. The summed E-state index contributed by atoms with van der Waals surface area (Å²) in [6.07, 6.45) is 0.868. The maximum absolute atomic E-state index is 11.2. The second kappa shape index (κ2) is 6.14. The molecule has 1 atom stereocenters. The van der Waals surface area contributed by atoms with E-state index < -0.39 is 24.9 Å². The summed E-state index contributed by atoms with van der Waals surface area (Å²) >= 11 is 3.17. The molecule has 0 radical (unpaired) electrons. The Balaban J connectivity index is 4.18. The Morgan fingerprint density at radius 3 is 2.27 bits per heavy atom. The Bertz CT molecular complexity index is 376. The molecule has 9 heteroatoms. The third-order valence-corrected chi connectivity index (χ3v) is 5.39. The second-order valence-corrected chi connectivity index (χ2v) is 8.67.